The molecule has 1 aromatic carbocycles. The summed E-state index contributed by atoms with van der Waals surface area (Å²) in [6, 6.07) is 5.89. The van der Waals surface area contributed by atoms with Gasteiger partial charge in [-0.15, -0.1) is 0 Å². The smallest absolute Gasteiger partial charge is 0.261 e. The first-order valence-electron chi connectivity index (χ1n) is 8.80. The Kier molecular flexibility index (Phi) is 7.82. The molecule has 150 valence electrons. The van der Waals surface area contributed by atoms with Crippen LogP contribution in [0, 0.1) is 0 Å². The zero-order valence-electron chi connectivity index (χ0n) is 15.6. The van der Waals surface area contributed by atoms with Gasteiger partial charge < -0.3 is 5.32 Å². The van der Waals surface area contributed by atoms with Gasteiger partial charge in [-0.2, -0.15) is 12.6 Å². The van der Waals surface area contributed by atoms with Crippen molar-refractivity contribution >= 4 is 53.0 Å². The summed E-state index contributed by atoms with van der Waals surface area (Å²) >= 11 is 4.92. The Morgan fingerprint density at radius 3 is 2.14 bits per heavy atom. The van der Waals surface area contributed by atoms with E-state index in [9.17, 15) is 24.0 Å². The van der Waals surface area contributed by atoms with Crippen molar-refractivity contribution in [2.75, 3.05) is 12.3 Å². The second-order valence-electron chi connectivity index (χ2n) is 6.40. The molecule has 1 aliphatic heterocycles. The molecule has 0 radical (unpaired) electrons. The van der Waals surface area contributed by atoms with Crippen molar-refractivity contribution in [1.82, 2.24) is 10.2 Å². The van der Waals surface area contributed by atoms with Crippen molar-refractivity contribution in [2.24, 2.45) is 0 Å². The SMILES string of the molecule is CC(=O)S[C@@H](CCCN1C(=O)c2ccccc2C1=O)C(=O)NC(CS)C(C)=O. The number of amides is 3. The van der Waals surface area contributed by atoms with Crippen LogP contribution in [-0.4, -0.2) is 57.1 Å². The van der Waals surface area contributed by atoms with Crippen molar-refractivity contribution in [2.45, 2.75) is 38.0 Å². The Morgan fingerprint density at radius 1 is 1.11 bits per heavy atom. The maximum atomic E-state index is 12.5. The number of carbonyl (C=O) groups is 5. The van der Waals surface area contributed by atoms with E-state index in [0.717, 1.165) is 16.7 Å². The van der Waals surface area contributed by atoms with E-state index >= 15 is 0 Å². The number of Topliss-reactive ketones (excluding diaryl/α,β-unsaturated/α-hetero) is 1. The van der Waals surface area contributed by atoms with Crippen LogP contribution in [-0.2, 0) is 14.4 Å². The van der Waals surface area contributed by atoms with Gasteiger partial charge in [-0.3, -0.25) is 28.9 Å². The number of thioether (sulfide) groups is 1. The lowest BCUT2D eigenvalue weighted by atomic mass is 10.1. The molecule has 0 saturated heterocycles. The number of thiol groups is 1. The van der Waals surface area contributed by atoms with E-state index in [1.165, 1.54) is 13.8 Å². The number of fused-ring (bicyclic) bond motifs is 1. The molecule has 0 aromatic heterocycles. The van der Waals surface area contributed by atoms with Gasteiger partial charge in [0.05, 0.1) is 22.4 Å². The molecule has 1 heterocycles. The monoisotopic (exact) mass is 422 g/mol. The normalized spacial score (nSPS) is 15.2. The second-order valence-corrected chi connectivity index (χ2v) is 8.15. The molecule has 3 amide bonds. The average Bonchev–Trinajstić information content (AvgIpc) is 2.89. The molecule has 1 aliphatic rings. The molecule has 7 nitrogen and oxygen atoms in total. The molecule has 28 heavy (non-hydrogen) atoms. The third kappa shape index (κ3) is 5.23. The topological polar surface area (TPSA) is 101 Å². The fourth-order valence-corrected chi connectivity index (χ4v) is 4.07. The highest BCUT2D eigenvalue weighted by Gasteiger charge is 2.35. The van der Waals surface area contributed by atoms with Crippen LogP contribution >= 0.6 is 24.4 Å². The third-order valence-corrected chi connectivity index (χ3v) is 5.75. The van der Waals surface area contributed by atoms with E-state index < -0.39 is 17.2 Å². The molecule has 2 atom stereocenters. The van der Waals surface area contributed by atoms with Crippen LogP contribution in [0.25, 0.3) is 0 Å². The summed E-state index contributed by atoms with van der Waals surface area (Å²) in [6.45, 7) is 2.87. The van der Waals surface area contributed by atoms with Crippen molar-refractivity contribution in [1.29, 1.82) is 0 Å². The van der Waals surface area contributed by atoms with Crippen LogP contribution in [0.5, 0.6) is 0 Å². The Morgan fingerprint density at radius 2 is 1.68 bits per heavy atom. The first-order chi connectivity index (χ1) is 13.3. The lowest BCUT2D eigenvalue weighted by Crippen LogP contribution is -2.45. The number of benzene rings is 1. The van der Waals surface area contributed by atoms with E-state index in [2.05, 4.69) is 17.9 Å². The maximum Gasteiger partial charge on any atom is 0.261 e. The largest absolute Gasteiger partial charge is 0.344 e. The number of hydrogen-bond donors (Lipinski definition) is 2. The molecule has 0 saturated carbocycles. The number of nitrogens with one attached hydrogen (secondary N) is 1. The number of rotatable bonds is 9. The zero-order chi connectivity index (χ0) is 20.8. The highest BCUT2D eigenvalue weighted by molar-refractivity contribution is 8.14. The summed E-state index contributed by atoms with van der Waals surface area (Å²) in [5, 5.41) is 1.65. The Balaban J connectivity index is 1.98. The minimum atomic E-state index is -0.720. The summed E-state index contributed by atoms with van der Waals surface area (Å²) in [5.41, 5.74) is 0.746. The molecule has 0 spiro atoms. The minimum absolute atomic E-state index is 0.150. The lowest BCUT2D eigenvalue weighted by molar-refractivity contribution is -0.126. The van der Waals surface area contributed by atoms with E-state index in [-0.39, 0.29) is 41.4 Å². The predicted molar refractivity (Wildman–Crippen MR) is 110 cm³/mol. The number of nitrogens with zero attached hydrogens (tertiary/aromatic N) is 1. The minimum Gasteiger partial charge on any atom is -0.344 e. The van der Waals surface area contributed by atoms with Gasteiger partial charge in [0.1, 0.15) is 0 Å². The Hall–Kier alpha value is -2.13. The summed E-state index contributed by atoms with van der Waals surface area (Å²) in [7, 11) is 0. The fraction of sp³-hybridized carbons (Fsp3) is 0.421. The van der Waals surface area contributed by atoms with E-state index in [1.54, 1.807) is 24.3 Å². The summed E-state index contributed by atoms with van der Waals surface area (Å²) in [6.07, 6.45) is 0.635. The van der Waals surface area contributed by atoms with Crippen molar-refractivity contribution in [3.05, 3.63) is 35.4 Å². The molecule has 2 rings (SSSR count). The van der Waals surface area contributed by atoms with Crippen LogP contribution in [0.3, 0.4) is 0 Å². The Labute approximate surface area is 173 Å². The van der Waals surface area contributed by atoms with Crippen LogP contribution in [0.1, 0.15) is 47.4 Å². The molecule has 1 aromatic rings. The maximum absolute atomic E-state index is 12.5. The molecule has 0 fully saturated rings. The molecule has 9 heteroatoms. The summed E-state index contributed by atoms with van der Waals surface area (Å²) in [5.74, 6) is -1.20. The van der Waals surface area contributed by atoms with Gasteiger partial charge in [-0.1, -0.05) is 23.9 Å². The predicted octanol–water partition coefficient (Wildman–Crippen LogP) is 1.71. The van der Waals surface area contributed by atoms with Gasteiger partial charge in [0.15, 0.2) is 10.9 Å². The van der Waals surface area contributed by atoms with Crippen molar-refractivity contribution < 1.29 is 24.0 Å². The highest BCUT2D eigenvalue weighted by atomic mass is 32.2. The van der Waals surface area contributed by atoms with Gasteiger partial charge in [-0.05, 0) is 31.9 Å². The number of imide groups is 1. The zero-order valence-corrected chi connectivity index (χ0v) is 17.3. The molecule has 0 bridgehead atoms. The van der Waals surface area contributed by atoms with E-state index in [1.807, 2.05) is 0 Å². The van der Waals surface area contributed by atoms with Crippen molar-refractivity contribution in [3.63, 3.8) is 0 Å². The lowest BCUT2D eigenvalue weighted by Gasteiger charge is -2.20. The van der Waals surface area contributed by atoms with Gasteiger partial charge in [-0.25, -0.2) is 0 Å². The first-order valence-corrected chi connectivity index (χ1v) is 10.3. The first kappa shape index (κ1) is 22.2. The van der Waals surface area contributed by atoms with Gasteiger partial charge >= 0.3 is 0 Å². The summed E-state index contributed by atoms with van der Waals surface area (Å²) in [4.78, 5) is 61.4. The quantitative estimate of drug-likeness (QED) is 0.464. The third-order valence-electron chi connectivity index (χ3n) is 4.32. The number of ketones is 1. The van der Waals surface area contributed by atoms with Gasteiger partial charge in [0.2, 0.25) is 5.91 Å². The van der Waals surface area contributed by atoms with E-state index in [0.29, 0.717) is 17.5 Å². The van der Waals surface area contributed by atoms with Crippen LogP contribution in [0.15, 0.2) is 24.3 Å². The van der Waals surface area contributed by atoms with Gasteiger partial charge in [0.25, 0.3) is 11.8 Å². The fourth-order valence-electron chi connectivity index (χ4n) is 2.86. The average molecular weight is 423 g/mol. The Bertz CT molecular complexity index is 776. The molecular formula is C19H22N2O5S2. The standard InChI is InChI=1S/C19H22N2O5S2/c1-11(22)15(10-27)20-17(24)16(28-12(2)23)8-5-9-21-18(25)13-6-3-4-7-14(13)19(21)26/h3-4,6-7,15-16,27H,5,8-10H2,1-2H3,(H,20,24)/t15?,16-/m0/s1. The molecule has 0 aliphatic carbocycles. The van der Waals surface area contributed by atoms with E-state index in [4.69, 9.17) is 0 Å². The molecule has 1 unspecified atom stereocenters. The van der Waals surface area contributed by atoms with Gasteiger partial charge in [0, 0.05) is 19.2 Å². The summed E-state index contributed by atoms with van der Waals surface area (Å²) < 4.78 is 0. The molecule has 1 N–H and O–H groups in total. The highest BCUT2D eigenvalue weighted by Crippen LogP contribution is 2.24. The van der Waals surface area contributed by atoms with Crippen LogP contribution < -0.4 is 5.32 Å². The number of carbonyl (C=O) groups excluding carboxylic acids is 5. The van der Waals surface area contributed by atoms with Crippen LogP contribution in [0.4, 0.5) is 0 Å². The van der Waals surface area contributed by atoms with Crippen molar-refractivity contribution in [3.8, 4) is 0 Å². The number of hydrogen-bond acceptors (Lipinski definition) is 7. The molecular weight excluding hydrogens is 400 g/mol. The second kappa shape index (κ2) is 9.88. The van der Waals surface area contributed by atoms with Crippen LogP contribution in [0.2, 0.25) is 0 Å².